The van der Waals surface area contributed by atoms with E-state index in [2.05, 4.69) is 20.5 Å². The predicted octanol–water partition coefficient (Wildman–Crippen LogP) is 3.82. The van der Waals surface area contributed by atoms with Crippen molar-refractivity contribution in [1.29, 1.82) is 0 Å². The molecule has 2 aromatic carbocycles. The van der Waals surface area contributed by atoms with Gasteiger partial charge in [0.2, 0.25) is 0 Å². The van der Waals surface area contributed by atoms with Crippen molar-refractivity contribution in [3.63, 3.8) is 0 Å². The highest BCUT2D eigenvalue weighted by molar-refractivity contribution is 6.05. The second kappa shape index (κ2) is 5.29. The zero-order valence-corrected chi connectivity index (χ0v) is 11.6. The molecular formula is C17H12N4O. The van der Waals surface area contributed by atoms with E-state index in [1.54, 1.807) is 6.21 Å². The van der Waals surface area contributed by atoms with E-state index in [1.807, 2.05) is 54.6 Å². The summed E-state index contributed by atoms with van der Waals surface area (Å²) < 4.78 is 5.82. The van der Waals surface area contributed by atoms with Crippen LogP contribution in [0.15, 0.2) is 70.4 Å². The van der Waals surface area contributed by atoms with E-state index in [0.717, 1.165) is 22.0 Å². The summed E-state index contributed by atoms with van der Waals surface area (Å²) in [4.78, 5) is 8.50. The Morgan fingerprint density at radius 2 is 1.77 bits per heavy atom. The van der Waals surface area contributed by atoms with Gasteiger partial charge in [-0.2, -0.15) is 5.10 Å². The average Bonchev–Trinajstić information content (AvgIpc) is 2.96. The molecule has 0 radical (unpaired) electrons. The number of benzene rings is 2. The Kier molecular flexibility index (Phi) is 3.01. The Morgan fingerprint density at radius 3 is 2.68 bits per heavy atom. The van der Waals surface area contributed by atoms with Crippen LogP contribution in [0.25, 0.3) is 22.1 Å². The van der Waals surface area contributed by atoms with Crippen LogP contribution >= 0.6 is 0 Å². The topological polar surface area (TPSA) is 63.3 Å². The van der Waals surface area contributed by atoms with Gasteiger partial charge in [0, 0.05) is 5.39 Å². The highest BCUT2D eigenvalue weighted by Crippen LogP contribution is 2.30. The molecular weight excluding hydrogens is 276 g/mol. The zero-order chi connectivity index (χ0) is 14.8. The maximum atomic E-state index is 5.82. The second-order valence-corrected chi connectivity index (χ2v) is 4.78. The van der Waals surface area contributed by atoms with Crippen molar-refractivity contribution in [3.8, 4) is 0 Å². The summed E-state index contributed by atoms with van der Waals surface area (Å²) in [5.74, 6) is 0.549. The van der Waals surface area contributed by atoms with Crippen molar-refractivity contribution in [2.24, 2.45) is 5.10 Å². The summed E-state index contributed by atoms with van der Waals surface area (Å²) >= 11 is 0. The van der Waals surface area contributed by atoms with Crippen molar-refractivity contribution < 1.29 is 4.42 Å². The smallest absolute Gasteiger partial charge is 0.197 e. The number of aromatic nitrogens is 2. The third-order valence-corrected chi connectivity index (χ3v) is 3.34. The van der Waals surface area contributed by atoms with Gasteiger partial charge in [-0.3, -0.25) is 5.43 Å². The Morgan fingerprint density at radius 1 is 0.955 bits per heavy atom. The first-order valence-electron chi connectivity index (χ1n) is 6.88. The minimum Gasteiger partial charge on any atom is -0.450 e. The number of nitrogens with one attached hydrogen (secondary N) is 1. The largest absolute Gasteiger partial charge is 0.450 e. The van der Waals surface area contributed by atoms with E-state index >= 15 is 0 Å². The molecule has 0 saturated heterocycles. The molecule has 2 heterocycles. The van der Waals surface area contributed by atoms with E-state index in [1.165, 1.54) is 6.33 Å². The molecule has 0 spiro atoms. The quantitative estimate of drug-likeness (QED) is 0.460. The lowest BCUT2D eigenvalue weighted by molar-refractivity contribution is 0.667. The van der Waals surface area contributed by atoms with E-state index in [0.29, 0.717) is 11.4 Å². The van der Waals surface area contributed by atoms with Crippen LogP contribution in [0.5, 0.6) is 0 Å². The lowest BCUT2D eigenvalue weighted by atomic mass is 10.2. The van der Waals surface area contributed by atoms with E-state index in [-0.39, 0.29) is 0 Å². The number of hydrogen-bond donors (Lipinski definition) is 1. The summed E-state index contributed by atoms with van der Waals surface area (Å²) in [6.45, 7) is 0. The molecule has 0 aliphatic carbocycles. The van der Waals surface area contributed by atoms with Gasteiger partial charge in [-0.25, -0.2) is 9.97 Å². The second-order valence-electron chi connectivity index (χ2n) is 4.78. The third-order valence-electron chi connectivity index (χ3n) is 3.34. The number of furan rings is 1. The summed E-state index contributed by atoms with van der Waals surface area (Å²) in [5.41, 5.74) is 6.10. The van der Waals surface area contributed by atoms with Crippen molar-refractivity contribution in [2.75, 3.05) is 5.43 Å². The first kappa shape index (κ1) is 12.5. The van der Waals surface area contributed by atoms with Crippen molar-refractivity contribution in [2.45, 2.75) is 0 Å². The molecule has 0 amide bonds. The van der Waals surface area contributed by atoms with Gasteiger partial charge in [0.15, 0.2) is 11.4 Å². The lowest BCUT2D eigenvalue weighted by Gasteiger charge is -1.98. The maximum Gasteiger partial charge on any atom is 0.197 e. The van der Waals surface area contributed by atoms with Crippen LogP contribution < -0.4 is 5.43 Å². The Bertz CT molecular complexity index is 960. The van der Waals surface area contributed by atoms with Gasteiger partial charge in [-0.1, -0.05) is 42.5 Å². The molecule has 0 aliphatic heterocycles. The first-order chi connectivity index (χ1) is 10.9. The number of hydrazone groups is 1. The molecule has 0 fully saturated rings. The molecule has 106 valence electrons. The number of rotatable bonds is 3. The van der Waals surface area contributed by atoms with Crippen LogP contribution in [-0.4, -0.2) is 16.2 Å². The molecule has 1 N–H and O–H groups in total. The van der Waals surface area contributed by atoms with Crippen LogP contribution in [0.1, 0.15) is 5.56 Å². The predicted molar refractivity (Wildman–Crippen MR) is 87.0 cm³/mol. The van der Waals surface area contributed by atoms with Crippen LogP contribution in [0.3, 0.4) is 0 Å². The zero-order valence-electron chi connectivity index (χ0n) is 11.6. The normalized spacial score (nSPS) is 11.5. The standard InChI is InChI=1S/C17H12N4O/c1-2-6-12(7-3-1)10-20-21-17-16-15(18-11-19-17)13-8-4-5-9-14(13)22-16/h1-11H,(H,18,19,21)/b20-10-. The summed E-state index contributed by atoms with van der Waals surface area (Å²) in [5, 5.41) is 5.17. The summed E-state index contributed by atoms with van der Waals surface area (Å²) in [6, 6.07) is 17.6. The Hall–Kier alpha value is -3.21. The van der Waals surface area contributed by atoms with E-state index in [9.17, 15) is 0 Å². The molecule has 0 unspecified atom stereocenters. The van der Waals surface area contributed by atoms with Crippen LogP contribution in [0, 0.1) is 0 Å². The van der Waals surface area contributed by atoms with E-state index < -0.39 is 0 Å². The fourth-order valence-electron chi connectivity index (χ4n) is 2.31. The minimum atomic E-state index is 0.549. The van der Waals surface area contributed by atoms with Crippen molar-refractivity contribution in [3.05, 3.63) is 66.5 Å². The maximum absolute atomic E-state index is 5.82. The number of nitrogens with zero attached hydrogens (tertiary/aromatic N) is 3. The van der Waals surface area contributed by atoms with Gasteiger partial charge in [-0.15, -0.1) is 0 Å². The summed E-state index contributed by atoms with van der Waals surface area (Å²) in [6.07, 6.45) is 3.24. The Labute approximate surface area is 126 Å². The van der Waals surface area contributed by atoms with Crippen LogP contribution in [0.2, 0.25) is 0 Å². The lowest BCUT2D eigenvalue weighted by Crippen LogP contribution is -1.94. The highest BCUT2D eigenvalue weighted by atomic mass is 16.3. The monoisotopic (exact) mass is 288 g/mol. The molecule has 5 heteroatoms. The fourth-order valence-corrected chi connectivity index (χ4v) is 2.31. The van der Waals surface area contributed by atoms with Gasteiger partial charge in [0.1, 0.15) is 17.4 Å². The number of fused-ring (bicyclic) bond motifs is 3. The molecule has 2 aromatic heterocycles. The third kappa shape index (κ3) is 2.18. The van der Waals surface area contributed by atoms with Gasteiger partial charge in [0.05, 0.1) is 6.21 Å². The number of hydrogen-bond acceptors (Lipinski definition) is 5. The van der Waals surface area contributed by atoms with Crippen LogP contribution in [0.4, 0.5) is 5.82 Å². The average molecular weight is 288 g/mol. The van der Waals surface area contributed by atoms with Gasteiger partial charge in [0.25, 0.3) is 0 Å². The van der Waals surface area contributed by atoms with E-state index in [4.69, 9.17) is 4.42 Å². The van der Waals surface area contributed by atoms with Gasteiger partial charge in [-0.05, 0) is 17.7 Å². The summed E-state index contributed by atoms with van der Waals surface area (Å²) in [7, 11) is 0. The molecule has 0 bridgehead atoms. The minimum absolute atomic E-state index is 0.549. The molecule has 0 saturated carbocycles. The van der Waals surface area contributed by atoms with Crippen molar-refractivity contribution in [1.82, 2.24) is 9.97 Å². The molecule has 0 atom stereocenters. The molecule has 5 nitrogen and oxygen atoms in total. The molecule has 22 heavy (non-hydrogen) atoms. The molecule has 4 rings (SSSR count). The van der Waals surface area contributed by atoms with Crippen LogP contribution in [-0.2, 0) is 0 Å². The number of anilines is 1. The van der Waals surface area contributed by atoms with Gasteiger partial charge >= 0.3 is 0 Å². The fraction of sp³-hybridized carbons (Fsp3) is 0. The highest BCUT2D eigenvalue weighted by Gasteiger charge is 2.11. The SMILES string of the molecule is C(=N/Nc1ncnc2c1oc1ccccc12)/c1ccccc1. The van der Waals surface area contributed by atoms with Gasteiger partial charge < -0.3 is 4.42 Å². The van der Waals surface area contributed by atoms with Crippen molar-refractivity contribution >= 4 is 34.1 Å². The molecule has 0 aliphatic rings. The first-order valence-corrected chi connectivity index (χ1v) is 6.88. The number of para-hydroxylation sites is 1. The molecule has 4 aromatic rings. The Balaban J connectivity index is 1.71.